The molecule has 0 aromatic carbocycles. The molecular weight excluding hydrogens is 403 g/mol. The van der Waals surface area contributed by atoms with Crippen LogP contribution in [0.2, 0.25) is 0 Å². The molecule has 0 aliphatic rings. The van der Waals surface area contributed by atoms with E-state index in [2.05, 4.69) is 25.7 Å². The SMILES string of the molecule is COc1ncc(F)cc1C(CO)Nc1ccn2ncc(C(=O)NCCCCl)c2n1. The highest BCUT2D eigenvalue weighted by molar-refractivity contribution is 6.17. The van der Waals surface area contributed by atoms with E-state index in [1.165, 1.54) is 23.9 Å². The zero-order chi connectivity index (χ0) is 20.8. The molecule has 0 saturated heterocycles. The maximum Gasteiger partial charge on any atom is 0.256 e. The zero-order valence-electron chi connectivity index (χ0n) is 15.6. The highest BCUT2D eigenvalue weighted by Gasteiger charge is 2.19. The van der Waals surface area contributed by atoms with Gasteiger partial charge >= 0.3 is 0 Å². The number of rotatable bonds is 9. The van der Waals surface area contributed by atoms with Crippen molar-refractivity contribution in [3.63, 3.8) is 0 Å². The third-order valence-corrected chi connectivity index (χ3v) is 4.40. The van der Waals surface area contributed by atoms with Gasteiger partial charge in [-0.2, -0.15) is 5.10 Å². The number of aliphatic hydroxyl groups is 1. The number of anilines is 1. The third kappa shape index (κ3) is 4.72. The van der Waals surface area contributed by atoms with E-state index in [0.717, 1.165) is 6.20 Å². The van der Waals surface area contributed by atoms with Gasteiger partial charge in [-0.05, 0) is 18.6 Å². The lowest BCUT2D eigenvalue weighted by molar-refractivity contribution is 0.0955. The predicted molar refractivity (Wildman–Crippen MR) is 105 cm³/mol. The van der Waals surface area contributed by atoms with E-state index in [0.29, 0.717) is 41.4 Å². The minimum absolute atomic E-state index is 0.183. The van der Waals surface area contributed by atoms with Crippen molar-refractivity contribution in [2.24, 2.45) is 0 Å². The number of amides is 1. The molecule has 0 aliphatic carbocycles. The highest BCUT2D eigenvalue weighted by atomic mass is 35.5. The van der Waals surface area contributed by atoms with Gasteiger partial charge in [-0.1, -0.05) is 0 Å². The van der Waals surface area contributed by atoms with Crippen LogP contribution in [0, 0.1) is 5.82 Å². The van der Waals surface area contributed by atoms with E-state index in [-0.39, 0.29) is 18.4 Å². The predicted octanol–water partition coefficient (Wildman–Crippen LogP) is 1.78. The van der Waals surface area contributed by atoms with Crippen molar-refractivity contribution in [3.8, 4) is 5.88 Å². The summed E-state index contributed by atoms with van der Waals surface area (Å²) in [5.74, 6) is 0.115. The fourth-order valence-corrected chi connectivity index (χ4v) is 2.87. The average molecular weight is 423 g/mol. The summed E-state index contributed by atoms with van der Waals surface area (Å²) >= 11 is 5.62. The fourth-order valence-electron chi connectivity index (χ4n) is 2.74. The molecule has 1 amide bonds. The Labute approximate surface area is 170 Å². The summed E-state index contributed by atoms with van der Waals surface area (Å²) in [6.45, 7) is 0.0793. The Kier molecular flexibility index (Phi) is 6.78. The molecule has 0 saturated carbocycles. The number of hydrogen-bond acceptors (Lipinski definition) is 7. The number of methoxy groups -OCH3 is 1. The molecule has 3 aromatic heterocycles. The Hall–Kier alpha value is -2.98. The van der Waals surface area contributed by atoms with E-state index >= 15 is 0 Å². The second-order valence-electron chi connectivity index (χ2n) is 6.07. The maximum atomic E-state index is 13.6. The van der Waals surface area contributed by atoms with Gasteiger partial charge in [0, 0.05) is 24.2 Å². The number of carbonyl (C=O) groups excluding carboxylic acids is 1. The summed E-state index contributed by atoms with van der Waals surface area (Å²) in [5.41, 5.74) is 0.970. The van der Waals surface area contributed by atoms with Crippen LogP contribution in [0.1, 0.15) is 28.4 Å². The number of aliphatic hydroxyl groups excluding tert-OH is 1. The number of ether oxygens (including phenoxy) is 1. The monoisotopic (exact) mass is 422 g/mol. The molecule has 1 unspecified atom stereocenters. The highest BCUT2D eigenvalue weighted by Crippen LogP contribution is 2.26. The normalized spacial score (nSPS) is 12.0. The molecule has 29 heavy (non-hydrogen) atoms. The second kappa shape index (κ2) is 9.48. The summed E-state index contributed by atoms with van der Waals surface area (Å²) in [4.78, 5) is 20.6. The molecule has 3 rings (SSSR count). The van der Waals surface area contributed by atoms with Crippen LogP contribution in [0.3, 0.4) is 0 Å². The Morgan fingerprint density at radius 2 is 2.28 bits per heavy atom. The number of nitrogens with zero attached hydrogens (tertiary/aromatic N) is 4. The molecule has 3 heterocycles. The number of pyridine rings is 1. The van der Waals surface area contributed by atoms with Crippen LogP contribution in [-0.4, -0.2) is 56.7 Å². The number of hydrogen-bond donors (Lipinski definition) is 3. The van der Waals surface area contributed by atoms with Gasteiger partial charge < -0.3 is 20.5 Å². The van der Waals surface area contributed by atoms with Gasteiger partial charge in [0.25, 0.3) is 5.91 Å². The Bertz CT molecular complexity index is 999. The summed E-state index contributed by atoms with van der Waals surface area (Å²) in [5, 5.41) is 19.7. The number of nitrogens with one attached hydrogen (secondary N) is 2. The molecule has 154 valence electrons. The van der Waals surface area contributed by atoms with Gasteiger partial charge in [0.1, 0.15) is 17.2 Å². The van der Waals surface area contributed by atoms with E-state index in [1.54, 1.807) is 12.3 Å². The summed E-state index contributed by atoms with van der Waals surface area (Å²) in [6.07, 6.45) is 4.72. The lowest BCUT2D eigenvalue weighted by atomic mass is 10.1. The van der Waals surface area contributed by atoms with Crippen molar-refractivity contribution < 1.29 is 19.0 Å². The van der Waals surface area contributed by atoms with Crippen molar-refractivity contribution in [1.29, 1.82) is 0 Å². The second-order valence-corrected chi connectivity index (χ2v) is 6.45. The number of carbonyl (C=O) groups is 1. The van der Waals surface area contributed by atoms with Crippen molar-refractivity contribution >= 4 is 29.0 Å². The lowest BCUT2D eigenvalue weighted by Crippen LogP contribution is -2.24. The van der Waals surface area contributed by atoms with Crippen LogP contribution < -0.4 is 15.4 Å². The van der Waals surface area contributed by atoms with Crippen LogP contribution in [0.15, 0.2) is 30.7 Å². The first kappa shape index (κ1) is 20.7. The van der Waals surface area contributed by atoms with Crippen molar-refractivity contribution in [3.05, 3.63) is 47.7 Å². The molecule has 3 N–H and O–H groups in total. The van der Waals surface area contributed by atoms with Crippen molar-refractivity contribution in [2.75, 3.05) is 31.5 Å². The van der Waals surface area contributed by atoms with Gasteiger partial charge in [-0.15, -0.1) is 11.6 Å². The van der Waals surface area contributed by atoms with Crippen LogP contribution in [-0.2, 0) is 0 Å². The Morgan fingerprint density at radius 3 is 3.00 bits per heavy atom. The first-order valence-electron chi connectivity index (χ1n) is 8.82. The topological polar surface area (TPSA) is 114 Å². The van der Waals surface area contributed by atoms with E-state index in [4.69, 9.17) is 16.3 Å². The average Bonchev–Trinajstić information content (AvgIpc) is 3.15. The van der Waals surface area contributed by atoms with E-state index in [9.17, 15) is 14.3 Å². The number of alkyl halides is 1. The van der Waals surface area contributed by atoms with Crippen LogP contribution >= 0.6 is 11.6 Å². The third-order valence-electron chi connectivity index (χ3n) is 4.13. The Balaban J connectivity index is 1.87. The van der Waals surface area contributed by atoms with E-state index < -0.39 is 11.9 Å². The van der Waals surface area contributed by atoms with Crippen molar-refractivity contribution in [2.45, 2.75) is 12.5 Å². The first-order valence-corrected chi connectivity index (χ1v) is 9.36. The fraction of sp³-hybridized carbons (Fsp3) is 0.333. The molecule has 0 aliphatic heterocycles. The molecule has 1 atom stereocenters. The standard InChI is InChI=1S/C18H20ClFN6O3/c1-29-18-12(7-11(20)8-22-18)14(10-27)24-15-3-6-26-16(25-15)13(9-23-26)17(28)21-5-2-4-19/h3,6-9,14,27H,2,4-5,10H2,1H3,(H,21,28)(H,24,25). The van der Waals surface area contributed by atoms with Crippen LogP contribution in [0.4, 0.5) is 10.2 Å². The van der Waals surface area contributed by atoms with Crippen molar-refractivity contribution in [1.82, 2.24) is 24.9 Å². The summed E-state index contributed by atoms with van der Waals surface area (Å²) < 4.78 is 20.3. The van der Waals surface area contributed by atoms with Gasteiger partial charge in [-0.3, -0.25) is 4.79 Å². The lowest BCUT2D eigenvalue weighted by Gasteiger charge is -2.19. The molecule has 3 aromatic rings. The molecule has 11 heteroatoms. The van der Waals surface area contributed by atoms with Gasteiger partial charge in [0.15, 0.2) is 5.65 Å². The zero-order valence-corrected chi connectivity index (χ0v) is 16.4. The molecule has 0 fully saturated rings. The van der Waals surface area contributed by atoms with Gasteiger partial charge in [0.05, 0.1) is 32.2 Å². The minimum atomic E-state index is -0.730. The maximum absolute atomic E-state index is 13.6. The number of aromatic nitrogens is 4. The minimum Gasteiger partial charge on any atom is -0.481 e. The molecule has 0 bridgehead atoms. The molecule has 0 radical (unpaired) electrons. The smallest absolute Gasteiger partial charge is 0.256 e. The van der Waals surface area contributed by atoms with Gasteiger partial charge in [0.2, 0.25) is 5.88 Å². The molecule has 9 nitrogen and oxygen atoms in total. The first-order chi connectivity index (χ1) is 14.1. The summed E-state index contributed by atoms with van der Waals surface area (Å²) in [6, 6.07) is 2.12. The molecular formula is C18H20ClFN6O3. The quantitative estimate of drug-likeness (QED) is 0.355. The molecule has 0 spiro atoms. The number of fused-ring (bicyclic) bond motifs is 1. The van der Waals surface area contributed by atoms with Crippen LogP contribution in [0.5, 0.6) is 5.88 Å². The van der Waals surface area contributed by atoms with Crippen LogP contribution in [0.25, 0.3) is 5.65 Å². The van der Waals surface area contributed by atoms with Gasteiger partial charge in [-0.25, -0.2) is 18.9 Å². The largest absolute Gasteiger partial charge is 0.481 e. The Morgan fingerprint density at radius 1 is 1.45 bits per heavy atom. The summed E-state index contributed by atoms with van der Waals surface area (Å²) in [7, 11) is 1.41. The number of halogens is 2. The van der Waals surface area contributed by atoms with E-state index in [1.807, 2.05) is 0 Å².